The van der Waals surface area contributed by atoms with Gasteiger partial charge in [0, 0.05) is 12.1 Å². The molecule has 3 heteroatoms. The molecule has 0 aromatic carbocycles. The summed E-state index contributed by atoms with van der Waals surface area (Å²) in [6, 6.07) is 0. The van der Waals surface area contributed by atoms with E-state index in [1.54, 1.807) is 6.08 Å². The molecule has 1 unspecified atom stereocenters. The third-order valence-corrected chi connectivity index (χ3v) is 2.46. The standard InChI is InChI=1S/C9H12NOP/c1-3-4-8-5-6-9(11)10(12)7(8)2/h3-4H,1-2,5-6,12H2/b8-4-. The second-order valence-corrected chi connectivity index (χ2v) is 3.15. The molecular weight excluding hydrogens is 169 g/mol. The molecule has 1 aliphatic heterocycles. The van der Waals surface area contributed by atoms with E-state index in [0.29, 0.717) is 6.42 Å². The molecule has 1 rings (SSSR count). The first-order chi connectivity index (χ1) is 5.66. The Morgan fingerprint density at radius 2 is 2.17 bits per heavy atom. The molecule has 1 fully saturated rings. The van der Waals surface area contributed by atoms with Crippen LogP contribution in [0.5, 0.6) is 0 Å². The molecule has 0 aromatic heterocycles. The van der Waals surface area contributed by atoms with Gasteiger partial charge in [-0.3, -0.25) is 9.46 Å². The topological polar surface area (TPSA) is 20.3 Å². The van der Waals surface area contributed by atoms with Gasteiger partial charge >= 0.3 is 0 Å². The van der Waals surface area contributed by atoms with Gasteiger partial charge in [0.2, 0.25) is 5.91 Å². The van der Waals surface area contributed by atoms with E-state index in [4.69, 9.17) is 0 Å². The number of hydrogen-bond donors (Lipinski definition) is 0. The van der Waals surface area contributed by atoms with Crippen LogP contribution in [-0.2, 0) is 4.79 Å². The van der Waals surface area contributed by atoms with Crippen molar-refractivity contribution in [3.63, 3.8) is 0 Å². The van der Waals surface area contributed by atoms with Gasteiger partial charge in [-0.1, -0.05) is 25.3 Å². The van der Waals surface area contributed by atoms with Crippen molar-refractivity contribution < 1.29 is 4.79 Å². The lowest BCUT2D eigenvalue weighted by Gasteiger charge is -2.26. The molecule has 64 valence electrons. The molecule has 0 bridgehead atoms. The van der Waals surface area contributed by atoms with Crippen molar-refractivity contribution >= 4 is 15.3 Å². The molecular formula is C9H12NOP. The average molecular weight is 181 g/mol. The van der Waals surface area contributed by atoms with Gasteiger partial charge in [-0.25, -0.2) is 0 Å². The third kappa shape index (κ3) is 1.64. The van der Waals surface area contributed by atoms with Crippen LogP contribution in [-0.4, -0.2) is 10.6 Å². The molecule has 1 aliphatic rings. The van der Waals surface area contributed by atoms with Crippen LogP contribution in [0.2, 0.25) is 0 Å². The molecule has 0 radical (unpaired) electrons. The zero-order valence-electron chi connectivity index (χ0n) is 6.92. The van der Waals surface area contributed by atoms with E-state index in [1.807, 2.05) is 6.08 Å². The molecule has 1 heterocycles. The highest BCUT2D eigenvalue weighted by molar-refractivity contribution is 7.15. The molecule has 1 amide bonds. The van der Waals surface area contributed by atoms with Crippen molar-refractivity contribution in [2.75, 3.05) is 0 Å². The summed E-state index contributed by atoms with van der Waals surface area (Å²) < 4.78 is 1.51. The maximum Gasteiger partial charge on any atom is 0.230 e. The Balaban J connectivity index is 2.85. The van der Waals surface area contributed by atoms with Gasteiger partial charge in [0.05, 0.1) is 0 Å². The highest BCUT2D eigenvalue weighted by atomic mass is 31.0. The van der Waals surface area contributed by atoms with Gasteiger partial charge in [-0.05, 0) is 21.4 Å². The minimum Gasteiger partial charge on any atom is -0.297 e. The van der Waals surface area contributed by atoms with Crippen molar-refractivity contribution in [3.8, 4) is 0 Å². The first-order valence-corrected chi connectivity index (χ1v) is 4.27. The number of carbonyl (C=O) groups excluding carboxylic acids is 1. The Labute approximate surface area is 74.9 Å². The first kappa shape index (κ1) is 9.21. The number of hydrogen-bond acceptors (Lipinski definition) is 1. The Morgan fingerprint density at radius 1 is 1.50 bits per heavy atom. The van der Waals surface area contributed by atoms with Gasteiger partial charge in [0.15, 0.2) is 0 Å². The molecule has 12 heavy (non-hydrogen) atoms. The minimum atomic E-state index is 0.103. The van der Waals surface area contributed by atoms with Crippen LogP contribution in [0, 0.1) is 0 Å². The van der Waals surface area contributed by atoms with Gasteiger partial charge in [-0.2, -0.15) is 0 Å². The summed E-state index contributed by atoms with van der Waals surface area (Å²) in [4.78, 5) is 11.1. The maximum atomic E-state index is 11.1. The maximum absolute atomic E-state index is 11.1. The summed E-state index contributed by atoms with van der Waals surface area (Å²) in [6.07, 6.45) is 4.94. The van der Waals surface area contributed by atoms with Crippen LogP contribution in [0.1, 0.15) is 12.8 Å². The number of carbonyl (C=O) groups is 1. The summed E-state index contributed by atoms with van der Waals surface area (Å²) in [6.45, 7) is 7.42. The SMILES string of the molecule is C=C/C=C1/CCC(=O)N(P)C1=C. The Kier molecular flexibility index (Phi) is 2.83. The van der Waals surface area contributed by atoms with Crippen molar-refractivity contribution in [2.45, 2.75) is 12.8 Å². The smallest absolute Gasteiger partial charge is 0.230 e. The molecule has 1 atom stereocenters. The number of allylic oxidation sites excluding steroid dienone is 3. The third-order valence-electron chi connectivity index (χ3n) is 1.86. The van der Waals surface area contributed by atoms with Crippen LogP contribution in [0.25, 0.3) is 0 Å². The monoisotopic (exact) mass is 181 g/mol. The molecule has 2 nitrogen and oxygen atoms in total. The van der Waals surface area contributed by atoms with E-state index >= 15 is 0 Å². The van der Waals surface area contributed by atoms with Crippen LogP contribution in [0.15, 0.2) is 36.6 Å². The lowest BCUT2D eigenvalue weighted by Crippen LogP contribution is -2.25. The fourth-order valence-electron chi connectivity index (χ4n) is 1.13. The molecule has 0 N–H and O–H groups in total. The molecule has 0 saturated carbocycles. The van der Waals surface area contributed by atoms with E-state index < -0.39 is 0 Å². The Hall–Kier alpha value is -0.880. The summed E-state index contributed by atoms with van der Waals surface area (Å²) in [7, 11) is 2.37. The summed E-state index contributed by atoms with van der Waals surface area (Å²) >= 11 is 0. The van der Waals surface area contributed by atoms with Gasteiger partial charge in [0.1, 0.15) is 0 Å². The Morgan fingerprint density at radius 3 is 2.75 bits per heavy atom. The van der Waals surface area contributed by atoms with E-state index in [9.17, 15) is 4.79 Å². The predicted octanol–water partition coefficient (Wildman–Crippen LogP) is 2.02. The molecule has 0 spiro atoms. The highest BCUT2D eigenvalue weighted by Gasteiger charge is 2.20. The zero-order valence-corrected chi connectivity index (χ0v) is 8.07. The first-order valence-electron chi connectivity index (χ1n) is 3.75. The normalized spacial score (nSPS) is 21.8. The molecule has 1 saturated heterocycles. The van der Waals surface area contributed by atoms with Crippen LogP contribution >= 0.6 is 9.39 Å². The number of piperidine rings is 1. The second-order valence-electron chi connectivity index (χ2n) is 2.64. The second kappa shape index (κ2) is 3.68. The Bertz CT molecular complexity index is 268. The number of rotatable bonds is 1. The lowest BCUT2D eigenvalue weighted by molar-refractivity contribution is -0.125. The summed E-state index contributed by atoms with van der Waals surface area (Å²) in [5.74, 6) is 0.103. The number of amides is 1. The van der Waals surface area contributed by atoms with E-state index in [-0.39, 0.29) is 5.91 Å². The van der Waals surface area contributed by atoms with Crippen molar-refractivity contribution in [1.29, 1.82) is 0 Å². The van der Waals surface area contributed by atoms with E-state index in [1.165, 1.54) is 4.67 Å². The average Bonchev–Trinajstić information content (AvgIpc) is 2.07. The van der Waals surface area contributed by atoms with Crippen LogP contribution in [0.4, 0.5) is 0 Å². The minimum absolute atomic E-state index is 0.103. The van der Waals surface area contributed by atoms with Crippen molar-refractivity contribution in [3.05, 3.63) is 36.6 Å². The highest BCUT2D eigenvalue weighted by Crippen LogP contribution is 2.28. The van der Waals surface area contributed by atoms with Gasteiger partial charge in [-0.15, -0.1) is 0 Å². The molecule has 0 aliphatic carbocycles. The fraction of sp³-hybridized carbons (Fsp3) is 0.222. The summed E-state index contributed by atoms with van der Waals surface area (Å²) in [5.41, 5.74) is 1.84. The van der Waals surface area contributed by atoms with Gasteiger partial charge < -0.3 is 0 Å². The summed E-state index contributed by atoms with van der Waals surface area (Å²) in [5, 5.41) is 0. The fourth-order valence-corrected chi connectivity index (χ4v) is 1.43. The van der Waals surface area contributed by atoms with Crippen molar-refractivity contribution in [1.82, 2.24) is 4.67 Å². The lowest BCUT2D eigenvalue weighted by atomic mass is 10.0. The zero-order chi connectivity index (χ0) is 9.14. The number of nitrogens with zero attached hydrogens (tertiary/aromatic N) is 1. The largest absolute Gasteiger partial charge is 0.297 e. The van der Waals surface area contributed by atoms with Gasteiger partial charge in [0.25, 0.3) is 0 Å². The van der Waals surface area contributed by atoms with Crippen LogP contribution < -0.4 is 0 Å². The predicted molar refractivity (Wildman–Crippen MR) is 53.2 cm³/mol. The quantitative estimate of drug-likeness (QED) is 0.567. The van der Waals surface area contributed by atoms with Crippen molar-refractivity contribution in [2.24, 2.45) is 0 Å². The molecule has 0 aromatic rings. The van der Waals surface area contributed by atoms with Crippen LogP contribution in [0.3, 0.4) is 0 Å². The van der Waals surface area contributed by atoms with E-state index in [2.05, 4.69) is 22.5 Å². The van der Waals surface area contributed by atoms with E-state index in [0.717, 1.165) is 17.7 Å².